The summed E-state index contributed by atoms with van der Waals surface area (Å²) < 4.78 is 30.7. The smallest absolute Gasteiger partial charge is 0.408 e. The molecule has 2 aromatic rings. The maximum absolute atomic E-state index is 11.6. The first kappa shape index (κ1) is 14.8. The SMILES string of the molecule is CCCCS(=O)(=O)NCCc1ccc2oc(=O)[nH]c2c1. The lowest BCUT2D eigenvalue weighted by Crippen LogP contribution is -2.28. The minimum Gasteiger partial charge on any atom is -0.408 e. The molecule has 1 aromatic carbocycles. The Kier molecular flexibility index (Phi) is 4.61. The number of nitrogens with one attached hydrogen (secondary N) is 2. The highest BCUT2D eigenvalue weighted by Crippen LogP contribution is 2.12. The zero-order valence-electron chi connectivity index (χ0n) is 11.3. The third kappa shape index (κ3) is 3.94. The number of benzene rings is 1. The second kappa shape index (κ2) is 6.23. The number of rotatable bonds is 7. The fourth-order valence-corrected chi connectivity index (χ4v) is 3.14. The van der Waals surface area contributed by atoms with Crippen LogP contribution in [0.15, 0.2) is 27.4 Å². The fourth-order valence-electron chi connectivity index (χ4n) is 1.91. The summed E-state index contributed by atoms with van der Waals surface area (Å²) in [6.07, 6.45) is 2.08. The zero-order chi connectivity index (χ0) is 14.6. The maximum Gasteiger partial charge on any atom is 0.417 e. The van der Waals surface area contributed by atoms with Crippen LogP contribution in [0, 0.1) is 0 Å². The van der Waals surface area contributed by atoms with Gasteiger partial charge >= 0.3 is 5.76 Å². The van der Waals surface area contributed by atoms with E-state index in [2.05, 4.69) is 9.71 Å². The van der Waals surface area contributed by atoms with E-state index in [-0.39, 0.29) is 5.75 Å². The Morgan fingerprint density at radius 1 is 1.35 bits per heavy atom. The minimum atomic E-state index is -3.18. The molecule has 0 bridgehead atoms. The Labute approximate surface area is 117 Å². The van der Waals surface area contributed by atoms with E-state index in [4.69, 9.17) is 4.42 Å². The molecule has 0 radical (unpaired) electrons. The van der Waals surface area contributed by atoms with Crippen LogP contribution in [-0.4, -0.2) is 25.7 Å². The lowest BCUT2D eigenvalue weighted by Gasteiger charge is -2.06. The molecule has 0 fully saturated rings. The summed E-state index contributed by atoms with van der Waals surface area (Å²) >= 11 is 0. The van der Waals surface area contributed by atoms with Gasteiger partial charge in [0.1, 0.15) is 0 Å². The summed E-state index contributed by atoms with van der Waals surface area (Å²) in [5.41, 5.74) is 2.07. The number of oxazole rings is 1. The van der Waals surface area contributed by atoms with Crippen LogP contribution in [0.3, 0.4) is 0 Å². The van der Waals surface area contributed by atoms with Crippen molar-refractivity contribution in [3.63, 3.8) is 0 Å². The Hall–Kier alpha value is -1.60. The standard InChI is InChI=1S/C13H18N2O4S/c1-2-3-8-20(17,18)14-7-6-10-4-5-12-11(9-10)15-13(16)19-12/h4-5,9,14H,2-3,6-8H2,1H3,(H,15,16). The zero-order valence-corrected chi connectivity index (χ0v) is 12.1. The van der Waals surface area contributed by atoms with Crippen molar-refractivity contribution in [3.8, 4) is 0 Å². The highest BCUT2D eigenvalue weighted by atomic mass is 32.2. The molecule has 0 atom stereocenters. The molecule has 0 amide bonds. The number of aromatic amines is 1. The van der Waals surface area contributed by atoms with Gasteiger partial charge in [0.25, 0.3) is 0 Å². The summed E-state index contributed by atoms with van der Waals surface area (Å²) in [5, 5.41) is 0. The van der Waals surface area contributed by atoms with Gasteiger partial charge in [-0.15, -0.1) is 0 Å². The predicted octanol–water partition coefficient (Wildman–Crippen LogP) is 1.38. The van der Waals surface area contributed by atoms with Crippen molar-refractivity contribution in [1.82, 2.24) is 9.71 Å². The lowest BCUT2D eigenvalue weighted by molar-refractivity contribution is 0.555. The second-order valence-electron chi connectivity index (χ2n) is 4.66. The molecule has 6 nitrogen and oxygen atoms in total. The van der Waals surface area contributed by atoms with Gasteiger partial charge in [0.05, 0.1) is 11.3 Å². The van der Waals surface area contributed by atoms with Crippen molar-refractivity contribution >= 4 is 21.1 Å². The first-order valence-electron chi connectivity index (χ1n) is 6.59. The topological polar surface area (TPSA) is 92.2 Å². The summed E-state index contributed by atoms with van der Waals surface area (Å²) in [4.78, 5) is 13.6. The lowest BCUT2D eigenvalue weighted by atomic mass is 10.1. The summed E-state index contributed by atoms with van der Waals surface area (Å²) in [6, 6.07) is 5.31. The molecule has 0 saturated heterocycles. The molecular formula is C13H18N2O4S. The van der Waals surface area contributed by atoms with E-state index < -0.39 is 15.8 Å². The Bertz CT molecular complexity index is 730. The van der Waals surface area contributed by atoms with Crippen molar-refractivity contribution in [2.24, 2.45) is 0 Å². The fraction of sp³-hybridized carbons (Fsp3) is 0.462. The molecule has 20 heavy (non-hydrogen) atoms. The molecule has 0 saturated carbocycles. The Morgan fingerprint density at radius 2 is 2.15 bits per heavy atom. The highest BCUT2D eigenvalue weighted by Gasteiger charge is 2.08. The summed E-state index contributed by atoms with van der Waals surface area (Å²) in [6.45, 7) is 2.30. The van der Waals surface area contributed by atoms with E-state index in [0.29, 0.717) is 30.5 Å². The number of H-pyrrole nitrogens is 1. The average Bonchev–Trinajstić information content (AvgIpc) is 2.75. The van der Waals surface area contributed by atoms with Crippen LogP contribution in [0.4, 0.5) is 0 Å². The number of aromatic nitrogens is 1. The summed E-state index contributed by atoms with van der Waals surface area (Å²) in [5.74, 6) is -0.324. The molecule has 0 aliphatic rings. The molecule has 0 unspecified atom stereocenters. The Morgan fingerprint density at radius 3 is 2.90 bits per heavy atom. The van der Waals surface area contributed by atoms with Gasteiger partial charge in [-0.1, -0.05) is 19.4 Å². The Balaban J connectivity index is 1.94. The van der Waals surface area contributed by atoms with Gasteiger partial charge in [-0.25, -0.2) is 17.9 Å². The molecule has 1 aromatic heterocycles. The maximum atomic E-state index is 11.6. The highest BCUT2D eigenvalue weighted by molar-refractivity contribution is 7.89. The van der Waals surface area contributed by atoms with Crippen LogP contribution >= 0.6 is 0 Å². The first-order valence-corrected chi connectivity index (χ1v) is 8.24. The molecule has 0 aliphatic carbocycles. The van der Waals surface area contributed by atoms with Gasteiger partial charge in [0.15, 0.2) is 5.58 Å². The van der Waals surface area contributed by atoms with Crippen LogP contribution in [0.5, 0.6) is 0 Å². The molecule has 2 rings (SSSR count). The minimum absolute atomic E-state index is 0.164. The van der Waals surface area contributed by atoms with Gasteiger partial charge in [-0.05, 0) is 30.5 Å². The third-order valence-corrected chi connectivity index (χ3v) is 4.46. The molecule has 2 N–H and O–H groups in total. The number of fused-ring (bicyclic) bond motifs is 1. The molecule has 0 aliphatic heterocycles. The molecular weight excluding hydrogens is 280 g/mol. The number of hydrogen-bond acceptors (Lipinski definition) is 4. The van der Waals surface area contributed by atoms with E-state index in [1.165, 1.54) is 0 Å². The van der Waals surface area contributed by atoms with Gasteiger partial charge < -0.3 is 4.42 Å². The van der Waals surface area contributed by atoms with Crippen molar-refractivity contribution in [3.05, 3.63) is 34.3 Å². The van der Waals surface area contributed by atoms with Gasteiger partial charge in [-0.2, -0.15) is 0 Å². The molecule has 7 heteroatoms. The van der Waals surface area contributed by atoms with Crippen LogP contribution in [0.25, 0.3) is 11.1 Å². The van der Waals surface area contributed by atoms with E-state index >= 15 is 0 Å². The quantitative estimate of drug-likeness (QED) is 0.807. The first-order chi connectivity index (χ1) is 9.50. The largest absolute Gasteiger partial charge is 0.417 e. The van der Waals surface area contributed by atoms with Crippen molar-refractivity contribution < 1.29 is 12.8 Å². The van der Waals surface area contributed by atoms with Crippen molar-refractivity contribution in [1.29, 1.82) is 0 Å². The predicted molar refractivity (Wildman–Crippen MR) is 77.2 cm³/mol. The average molecular weight is 298 g/mol. The van der Waals surface area contributed by atoms with E-state index in [1.54, 1.807) is 12.1 Å². The molecule has 110 valence electrons. The van der Waals surface area contributed by atoms with Crippen molar-refractivity contribution in [2.75, 3.05) is 12.3 Å². The van der Waals surface area contributed by atoms with E-state index in [1.807, 2.05) is 13.0 Å². The van der Waals surface area contributed by atoms with Gasteiger partial charge in [-0.3, -0.25) is 4.98 Å². The number of hydrogen-bond donors (Lipinski definition) is 2. The molecule has 1 heterocycles. The molecule has 0 spiro atoms. The van der Waals surface area contributed by atoms with Gasteiger partial charge in [0, 0.05) is 6.54 Å². The van der Waals surface area contributed by atoms with Crippen molar-refractivity contribution in [2.45, 2.75) is 26.2 Å². The van der Waals surface area contributed by atoms with E-state index in [0.717, 1.165) is 12.0 Å². The van der Waals surface area contributed by atoms with Crippen LogP contribution in [0.1, 0.15) is 25.3 Å². The third-order valence-electron chi connectivity index (χ3n) is 2.99. The van der Waals surface area contributed by atoms with Crippen LogP contribution < -0.4 is 10.5 Å². The monoisotopic (exact) mass is 298 g/mol. The second-order valence-corrected chi connectivity index (χ2v) is 6.59. The number of unbranched alkanes of at least 4 members (excludes halogenated alkanes) is 1. The summed E-state index contributed by atoms with van der Waals surface area (Å²) in [7, 11) is -3.18. The van der Waals surface area contributed by atoms with Crippen LogP contribution in [0.2, 0.25) is 0 Å². The van der Waals surface area contributed by atoms with E-state index in [9.17, 15) is 13.2 Å². The van der Waals surface area contributed by atoms with Gasteiger partial charge in [0.2, 0.25) is 10.0 Å². The normalized spacial score (nSPS) is 12.1. The van der Waals surface area contributed by atoms with Crippen LogP contribution in [-0.2, 0) is 16.4 Å². The number of sulfonamides is 1.